The standard InChI is InChI=1S/C24H22F2N8O2S/c1-12(30-21-15(11-27)20(28)32-24(29)33-21)22-31-16-8-5-9-17(37(2,3)36)18(16)23(35)34(22)14-7-4-6-13(10-14)19(25)26/h4-10,12,19H,2H2,1,3H3,(H5,28,29,30,32,33). The summed E-state index contributed by atoms with van der Waals surface area (Å²) < 4.78 is 41.1. The van der Waals surface area contributed by atoms with Crippen LogP contribution in [0.5, 0.6) is 0 Å². The van der Waals surface area contributed by atoms with Gasteiger partial charge in [-0.15, -0.1) is 0 Å². The number of fused-ring (bicyclic) bond motifs is 1. The maximum atomic E-state index is 13.9. The fourth-order valence-corrected chi connectivity index (χ4v) is 4.89. The van der Waals surface area contributed by atoms with Gasteiger partial charge in [0.05, 0.1) is 22.6 Å². The van der Waals surface area contributed by atoms with Crippen LogP contribution in [-0.2, 0) is 9.52 Å². The van der Waals surface area contributed by atoms with E-state index in [1.165, 1.54) is 36.6 Å². The summed E-state index contributed by atoms with van der Waals surface area (Å²) in [6.45, 7) is 1.63. The number of nitrogens with one attached hydrogen (secondary N) is 1. The quantitative estimate of drug-likeness (QED) is 0.321. The van der Waals surface area contributed by atoms with Crippen LogP contribution in [0.25, 0.3) is 16.6 Å². The first kappa shape index (κ1) is 25.5. The van der Waals surface area contributed by atoms with Crippen LogP contribution < -0.4 is 22.3 Å². The Balaban J connectivity index is 2.03. The van der Waals surface area contributed by atoms with Crippen LogP contribution in [0, 0.1) is 11.3 Å². The molecule has 2 atom stereocenters. The number of benzene rings is 2. The van der Waals surface area contributed by atoms with Gasteiger partial charge in [0, 0.05) is 16.7 Å². The molecule has 37 heavy (non-hydrogen) atoms. The van der Waals surface area contributed by atoms with Gasteiger partial charge < -0.3 is 16.8 Å². The summed E-state index contributed by atoms with van der Waals surface area (Å²) in [6, 6.07) is 11.1. The normalized spacial score (nSPS) is 13.7. The van der Waals surface area contributed by atoms with Gasteiger partial charge in [-0.25, -0.2) is 13.8 Å². The van der Waals surface area contributed by atoms with Crippen molar-refractivity contribution in [3.05, 3.63) is 69.8 Å². The Morgan fingerprint density at radius 1 is 1.16 bits per heavy atom. The number of hydrogen-bond donors (Lipinski definition) is 3. The molecule has 0 saturated heterocycles. The van der Waals surface area contributed by atoms with Gasteiger partial charge in [0.15, 0.2) is 5.82 Å². The fraction of sp³-hybridized carbons (Fsp3) is 0.167. The highest BCUT2D eigenvalue weighted by molar-refractivity contribution is 7.99. The minimum Gasteiger partial charge on any atom is -0.382 e. The molecule has 13 heteroatoms. The molecule has 0 spiro atoms. The summed E-state index contributed by atoms with van der Waals surface area (Å²) in [5.41, 5.74) is 10.8. The van der Waals surface area contributed by atoms with Gasteiger partial charge >= 0.3 is 0 Å². The maximum absolute atomic E-state index is 13.9. The SMILES string of the molecule is C=S(C)(=O)c1cccc2nc(C(C)Nc3nc(N)nc(N)c3C#N)n(-c3cccc(C(F)F)c3)c(=O)c12. The lowest BCUT2D eigenvalue weighted by atomic mass is 10.1. The molecule has 0 aliphatic rings. The summed E-state index contributed by atoms with van der Waals surface area (Å²) in [5.74, 6) is 3.48. The van der Waals surface area contributed by atoms with Crippen molar-refractivity contribution in [1.29, 1.82) is 5.26 Å². The molecule has 2 aromatic heterocycles. The van der Waals surface area contributed by atoms with E-state index in [0.29, 0.717) is 0 Å². The molecule has 0 saturated carbocycles. The fourth-order valence-electron chi connectivity index (χ4n) is 3.90. The number of nitrogens with zero attached hydrogens (tertiary/aromatic N) is 5. The van der Waals surface area contributed by atoms with Crippen molar-refractivity contribution in [3.8, 4) is 11.8 Å². The molecule has 0 aliphatic heterocycles. The zero-order chi connectivity index (χ0) is 27.1. The van der Waals surface area contributed by atoms with Crippen molar-refractivity contribution in [2.24, 2.45) is 0 Å². The number of anilines is 3. The zero-order valence-corrected chi connectivity index (χ0v) is 20.6. The summed E-state index contributed by atoms with van der Waals surface area (Å²) in [5, 5.41) is 12.5. The average molecular weight is 525 g/mol. The van der Waals surface area contributed by atoms with Crippen LogP contribution in [0.1, 0.15) is 36.3 Å². The lowest BCUT2D eigenvalue weighted by Gasteiger charge is -2.22. The number of aromatic nitrogens is 4. The van der Waals surface area contributed by atoms with Crippen LogP contribution in [0.4, 0.5) is 26.4 Å². The zero-order valence-electron chi connectivity index (χ0n) is 19.8. The molecule has 0 amide bonds. The highest BCUT2D eigenvalue weighted by Gasteiger charge is 2.23. The summed E-state index contributed by atoms with van der Waals surface area (Å²) in [6.07, 6.45) is -1.38. The monoisotopic (exact) mass is 524 g/mol. The van der Waals surface area contributed by atoms with E-state index in [0.717, 1.165) is 4.57 Å². The molecule has 2 unspecified atom stereocenters. The minimum atomic E-state index is -2.84. The van der Waals surface area contributed by atoms with Crippen LogP contribution in [0.3, 0.4) is 0 Å². The molecule has 0 aliphatic carbocycles. The topological polar surface area (TPSA) is 166 Å². The molecule has 4 rings (SSSR count). The molecular formula is C24H22F2N8O2S. The average Bonchev–Trinajstić information content (AvgIpc) is 2.82. The second-order valence-corrected chi connectivity index (χ2v) is 10.8. The third kappa shape index (κ3) is 4.78. The van der Waals surface area contributed by atoms with Gasteiger partial charge in [-0.05, 0) is 46.6 Å². The highest BCUT2D eigenvalue weighted by atomic mass is 32.2. The van der Waals surface area contributed by atoms with E-state index in [4.69, 9.17) is 11.5 Å². The van der Waals surface area contributed by atoms with Crippen molar-refractivity contribution in [3.63, 3.8) is 0 Å². The largest absolute Gasteiger partial charge is 0.382 e. The first-order valence-electron chi connectivity index (χ1n) is 10.8. The maximum Gasteiger partial charge on any atom is 0.267 e. The lowest BCUT2D eigenvalue weighted by molar-refractivity contribution is 0.151. The Labute approximate surface area is 210 Å². The van der Waals surface area contributed by atoms with Gasteiger partial charge in [0.2, 0.25) is 5.95 Å². The lowest BCUT2D eigenvalue weighted by Crippen LogP contribution is -2.28. The first-order chi connectivity index (χ1) is 17.4. The number of alkyl halides is 2. The first-order valence-corrected chi connectivity index (χ1v) is 12.9. The highest BCUT2D eigenvalue weighted by Crippen LogP contribution is 2.28. The van der Waals surface area contributed by atoms with Crippen molar-refractivity contribution >= 4 is 43.9 Å². The second-order valence-electron chi connectivity index (χ2n) is 8.33. The predicted molar refractivity (Wildman–Crippen MR) is 139 cm³/mol. The van der Waals surface area contributed by atoms with Crippen molar-refractivity contribution < 1.29 is 13.0 Å². The molecule has 10 nitrogen and oxygen atoms in total. The minimum absolute atomic E-state index is 0.00492. The number of nitrogen functional groups attached to an aromatic ring is 2. The molecule has 0 bridgehead atoms. The smallest absolute Gasteiger partial charge is 0.267 e. The van der Waals surface area contributed by atoms with Crippen molar-refractivity contribution in [1.82, 2.24) is 19.5 Å². The third-order valence-electron chi connectivity index (χ3n) is 5.54. The Morgan fingerprint density at radius 2 is 1.86 bits per heavy atom. The molecular weight excluding hydrogens is 502 g/mol. The second kappa shape index (κ2) is 9.47. The van der Waals surface area contributed by atoms with E-state index >= 15 is 0 Å². The van der Waals surface area contributed by atoms with E-state index in [9.17, 15) is 23.0 Å². The molecule has 0 fully saturated rings. The number of nitrogens with two attached hydrogens (primary N) is 2. The van der Waals surface area contributed by atoms with Crippen molar-refractivity contribution in [2.45, 2.75) is 24.3 Å². The van der Waals surface area contributed by atoms with E-state index in [1.54, 1.807) is 19.1 Å². The van der Waals surface area contributed by atoms with Crippen LogP contribution in [0.2, 0.25) is 0 Å². The van der Waals surface area contributed by atoms with E-state index in [2.05, 4.69) is 26.1 Å². The molecule has 4 aromatic rings. The molecule has 2 aromatic carbocycles. The Hall–Kier alpha value is -4.57. The summed E-state index contributed by atoms with van der Waals surface area (Å²) in [7, 11) is -2.84. The molecule has 2 heterocycles. The van der Waals surface area contributed by atoms with Gasteiger partial charge in [0.25, 0.3) is 12.0 Å². The molecule has 190 valence electrons. The Morgan fingerprint density at radius 3 is 2.51 bits per heavy atom. The van der Waals surface area contributed by atoms with Crippen molar-refractivity contribution in [2.75, 3.05) is 23.0 Å². The third-order valence-corrected chi connectivity index (χ3v) is 6.81. The number of nitriles is 1. The summed E-state index contributed by atoms with van der Waals surface area (Å²) in [4.78, 5) is 26.5. The number of hydrogen-bond acceptors (Lipinski definition) is 9. The Bertz CT molecular complexity index is 1750. The molecule has 0 radical (unpaired) electrons. The van der Waals surface area contributed by atoms with E-state index in [1.807, 2.05) is 6.07 Å². The Kier molecular flexibility index (Phi) is 6.53. The predicted octanol–water partition coefficient (Wildman–Crippen LogP) is 3.03. The van der Waals surface area contributed by atoms with E-state index in [-0.39, 0.29) is 56.0 Å². The van der Waals surface area contributed by atoms with E-state index < -0.39 is 27.5 Å². The molecule has 5 N–H and O–H groups in total. The number of halogens is 2. The van der Waals surface area contributed by atoms with Crippen LogP contribution in [-0.4, -0.2) is 35.9 Å². The van der Waals surface area contributed by atoms with Gasteiger partial charge in [-0.1, -0.05) is 18.2 Å². The van der Waals surface area contributed by atoms with Gasteiger partial charge in [0.1, 0.15) is 23.3 Å². The van der Waals surface area contributed by atoms with Crippen LogP contribution in [0.15, 0.2) is 52.2 Å². The van der Waals surface area contributed by atoms with Gasteiger partial charge in [-0.3, -0.25) is 13.6 Å². The summed E-state index contributed by atoms with van der Waals surface area (Å²) >= 11 is 0. The van der Waals surface area contributed by atoms with Crippen LogP contribution >= 0.6 is 0 Å². The number of rotatable bonds is 6. The van der Waals surface area contributed by atoms with Gasteiger partial charge in [-0.2, -0.15) is 15.2 Å².